The molecule has 0 fully saturated rings. The molecule has 0 bridgehead atoms. The second-order valence-electron chi connectivity index (χ2n) is 6.54. The molecule has 116 valence electrons. The van der Waals surface area contributed by atoms with E-state index in [1.165, 1.54) is 5.56 Å². The Hall–Kier alpha value is -2.62. The van der Waals surface area contributed by atoms with Crippen LogP contribution in [-0.4, -0.2) is 15.6 Å². The van der Waals surface area contributed by atoms with Crippen molar-refractivity contribution in [2.24, 2.45) is 0 Å². The quantitative estimate of drug-likeness (QED) is 0.765. The van der Waals surface area contributed by atoms with Crippen LogP contribution in [0.3, 0.4) is 0 Å². The Balaban J connectivity index is 1.76. The summed E-state index contributed by atoms with van der Waals surface area (Å²) >= 11 is 0. The smallest absolute Gasteiger partial charge is 0.137 e. The summed E-state index contributed by atoms with van der Waals surface area (Å²) in [5, 5.41) is 4.64. The van der Waals surface area contributed by atoms with Crippen molar-refractivity contribution in [1.29, 1.82) is 0 Å². The maximum Gasteiger partial charge on any atom is 0.137 e. The second kappa shape index (κ2) is 5.23. The molecule has 0 saturated heterocycles. The summed E-state index contributed by atoms with van der Waals surface area (Å²) in [6, 6.07) is 16.4. The molecule has 4 rings (SSSR count). The molecule has 0 spiro atoms. The Bertz CT molecular complexity index is 855. The average molecular weight is 305 g/mol. The standard InChI is InChI=1S/C19H19N3O/c1-19(2)11-16(13-7-4-6-10-17(13)23-19)22-18-14-8-3-5-9-15(14)20-12-21-18/h3-10,12,16H,11H2,1-2H3,(H,20,21,22). The first kappa shape index (κ1) is 14.0. The van der Waals surface area contributed by atoms with Gasteiger partial charge in [0.1, 0.15) is 23.5 Å². The third-order valence-electron chi connectivity index (χ3n) is 4.23. The van der Waals surface area contributed by atoms with Crippen molar-refractivity contribution in [1.82, 2.24) is 9.97 Å². The van der Waals surface area contributed by atoms with Gasteiger partial charge >= 0.3 is 0 Å². The average Bonchev–Trinajstić information content (AvgIpc) is 2.54. The third kappa shape index (κ3) is 2.61. The zero-order chi connectivity index (χ0) is 15.9. The van der Waals surface area contributed by atoms with Gasteiger partial charge in [-0.2, -0.15) is 0 Å². The van der Waals surface area contributed by atoms with Crippen LogP contribution >= 0.6 is 0 Å². The van der Waals surface area contributed by atoms with Gasteiger partial charge < -0.3 is 10.1 Å². The minimum atomic E-state index is -0.213. The van der Waals surface area contributed by atoms with Gasteiger partial charge in [-0.05, 0) is 32.0 Å². The van der Waals surface area contributed by atoms with Crippen LogP contribution in [0, 0.1) is 0 Å². The van der Waals surface area contributed by atoms with E-state index in [0.29, 0.717) is 0 Å². The summed E-state index contributed by atoms with van der Waals surface area (Å²) in [5.41, 5.74) is 1.91. The number of hydrogen-bond acceptors (Lipinski definition) is 4. The number of nitrogens with one attached hydrogen (secondary N) is 1. The molecule has 4 nitrogen and oxygen atoms in total. The molecule has 1 aromatic heterocycles. The molecule has 0 radical (unpaired) electrons. The van der Waals surface area contributed by atoms with Crippen LogP contribution in [-0.2, 0) is 0 Å². The van der Waals surface area contributed by atoms with Crippen molar-refractivity contribution in [2.75, 3.05) is 5.32 Å². The van der Waals surface area contributed by atoms with Crippen molar-refractivity contribution >= 4 is 16.7 Å². The predicted molar refractivity (Wildman–Crippen MR) is 91.7 cm³/mol. The SMILES string of the molecule is CC1(C)CC(Nc2ncnc3ccccc23)c2ccccc2O1. The molecule has 2 aromatic carbocycles. The second-order valence-corrected chi connectivity index (χ2v) is 6.54. The van der Waals surface area contributed by atoms with E-state index in [1.54, 1.807) is 6.33 Å². The van der Waals surface area contributed by atoms with Crippen molar-refractivity contribution < 1.29 is 4.74 Å². The van der Waals surface area contributed by atoms with Gasteiger partial charge in [0.15, 0.2) is 0 Å². The fourth-order valence-electron chi connectivity index (χ4n) is 3.22. The molecular formula is C19H19N3O. The van der Waals surface area contributed by atoms with Gasteiger partial charge in [0.2, 0.25) is 0 Å². The van der Waals surface area contributed by atoms with Gasteiger partial charge in [-0.3, -0.25) is 0 Å². The summed E-state index contributed by atoms with van der Waals surface area (Å²) in [7, 11) is 0. The summed E-state index contributed by atoms with van der Waals surface area (Å²) in [5.74, 6) is 1.81. The van der Waals surface area contributed by atoms with Crippen LogP contribution in [0.2, 0.25) is 0 Å². The van der Waals surface area contributed by atoms with E-state index in [1.807, 2.05) is 42.5 Å². The molecule has 2 heterocycles. The first-order valence-electron chi connectivity index (χ1n) is 7.87. The van der Waals surface area contributed by atoms with E-state index in [4.69, 9.17) is 4.74 Å². The maximum atomic E-state index is 6.10. The first-order chi connectivity index (χ1) is 11.1. The van der Waals surface area contributed by atoms with Crippen LogP contribution in [0.5, 0.6) is 5.75 Å². The number of benzene rings is 2. The van der Waals surface area contributed by atoms with Gasteiger partial charge in [-0.15, -0.1) is 0 Å². The summed E-state index contributed by atoms with van der Waals surface area (Å²) in [6.45, 7) is 4.24. The van der Waals surface area contributed by atoms with E-state index < -0.39 is 0 Å². The molecule has 1 aliphatic heterocycles. The topological polar surface area (TPSA) is 47.0 Å². The highest BCUT2D eigenvalue weighted by molar-refractivity contribution is 5.88. The Labute approximate surface area is 135 Å². The molecule has 23 heavy (non-hydrogen) atoms. The lowest BCUT2D eigenvalue weighted by atomic mass is 9.89. The van der Waals surface area contributed by atoms with E-state index in [0.717, 1.165) is 28.9 Å². The Morgan fingerprint density at radius 3 is 2.74 bits per heavy atom. The minimum Gasteiger partial charge on any atom is -0.487 e. The van der Waals surface area contributed by atoms with Crippen molar-refractivity contribution in [3.63, 3.8) is 0 Å². The molecule has 1 atom stereocenters. The summed E-state index contributed by atoms with van der Waals surface area (Å²) in [4.78, 5) is 8.79. The lowest BCUT2D eigenvalue weighted by Crippen LogP contribution is -2.37. The van der Waals surface area contributed by atoms with Gasteiger partial charge in [-0.25, -0.2) is 9.97 Å². The number of anilines is 1. The Morgan fingerprint density at radius 1 is 1.04 bits per heavy atom. The van der Waals surface area contributed by atoms with E-state index in [9.17, 15) is 0 Å². The van der Waals surface area contributed by atoms with E-state index in [2.05, 4.69) is 35.2 Å². The molecule has 1 N–H and O–H groups in total. The monoisotopic (exact) mass is 305 g/mol. The maximum absolute atomic E-state index is 6.10. The van der Waals surface area contributed by atoms with Crippen molar-refractivity contribution in [2.45, 2.75) is 31.9 Å². The highest BCUT2D eigenvalue weighted by Gasteiger charge is 2.33. The number of fused-ring (bicyclic) bond motifs is 2. The predicted octanol–water partition coefficient (Wildman–Crippen LogP) is 4.34. The minimum absolute atomic E-state index is 0.160. The lowest BCUT2D eigenvalue weighted by Gasteiger charge is -2.38. The number of para-hydroxylation sites is 2. The number of aromatic nitrogens is 2. The summed E-state index contributed by atoms with van der Waals surface area (Å²) < 4.78 is 6.10. The Kier molecular flexibility index (Phi) is 3.18. The molecule has 0 saturated carbocycles. The first-order valence-corrected chi connectivity index (χ1v) is 7.87. The van der Waals surface area contributed by atoms with Crippen molar-refractivity contribution in [3.8, 4) is 5.75 Å². The van der Waals surface area contributed by atoms with Crippen molar-refractivity contribution in [3.05, 3.63) is 60.4 Å². The normalized spacial score (nSPS) is 19.0. The van der Waals surface area contributed by atoms with Crippen LogP contribution in [0.4, 0.5) is 5.82 Å². The largest absolute Gasteiger partial charge is 0.487 e. The summed E-state index contributed by atoms with van der Waals surface area (Å²) in [6.07, 6.45) is 2.49. The van der Waals surface area contributed by atoms with Crippen LogP contribution in [0.1, 0.15) is 31.9 Å². The molecule has 3 aromatic rings. The fraction of sp³-hybridized carbons (Fsp3) is 0.263. The van der Waals surface area contributed by atoms with E-state index in [-0.39, 0.29) is 11.6 Å². The number of ether oxygens (including phenoxy) is 1. The van der Waals surface area contributed by atoms with Crippen LogP contribution in [0.15, 0.2) is 54.9 Å². The fourth-order valence-corrected chi connectivity index (χ4v) is 3.22. The van der Waals surface area contributed by atoms with Gasteiger partial charge in [-0.1, -0.05) is 30.3 Å². The van der Waals surface area contributed by atoms with Gasteiger partial charge in [0.25, 0.3) is 0 Å². The van der Waals surface area contributed by atoms with Gasteiger partial charge in [0.05, 0.1) is 11.6 Å². The molecule has 1 unspecified atom stereocenters. The zero-order valence-corrected chi connectivity index (χ0v) is 13.3. The molecule has 1 aliphatic rings. The molecule has 0 aliphatic carbocycles. The zero-order valence-electron chi connectivity index (χ0n) is 13.3. The van der Waals surface area contributed by atoms with Crippen LogP contribution < -0.4 is 10.1 Å². The number of nitrogens with zero attached hydrogens (tertiary/aromatic N) is 2. The number of hydrogen-bond donors (Lipinski definition) is 1. The highest BCUT2D eigenvalue weighted by atomic mass is 16.5. The molecule has 4 heteroatoms. The Morgan fingerprint density at radius 2 is 1.83 bits per heavy atom. The number of rotatable bonds is 2. The molecular weight excluding hydrogens is 286 g/mol. The lowest BCUT2D eigenvalue weighted by molar-refractivity contribution is 0.0759. The third-order valence-corrected chi connectivity index (χ3v) is 4.23. The van der Waals surface area contributed by atoms with E-state index >= 15 is 0 Å². The molecule has 0 amide bonds. The van der Waals surface area contributed by atoms with Gasteiger partial charge in [0, 0.05) is 17.4 Å². The highest BCUT2D eigenvalue weighted by Crippen LogP contribution is 2.41. The van der Waals surface area contributed by atoms with Crippen LogP contribution in [0.25, 0.3) is 10.9 Å².